The predicted molar refractivity (Wildman–Crippen MR) is 140 cm³/mol. The molecule has 0 aliphatic carbocycles. The van der Waals surface area contributed by atoms with E-state index in [1.54, 1.807) is 18.7 Å². The Labute approximate surface area is 213 Å². The minimum atomic E-state index is -0.983. The van der Waals surface area contributed by atoms with Gasteiger partial charge in [0.25, 0.3) is 0 Å². The summed E-state index contributed by atoms with van der Waals surface area (Å²) < 4.78 is 11.6. The van der Waals surface area contributed by atoms with E-state index >= 15 is 0 Å². The van der Waals surface area contributed by atoms with Crippen molar-refractivity contribution in [1.29, 1.82) is 0 Å². The Morgan fingerprint density at radius 1 is 1.00 bits per heavy atom. The van der Waals surface area contributed by atoms with Gasteiger partial charge in [0.05, 0.1) is 18.2 Å². The van der Waals surface area contributed by atoms with Crippen LogP contribution >= 0.6 is 0 Å². The lowest BCUT2D eigenvalue weighted by Crippen LogP contribution is -2.51. The molecule has 3 aromatic carbocycles. The van der Waals surface area contributed by atoms with Crippen molar-refractivity contribution in [2.45, 2.75) is 50.9 Å². The summed E-state index contributed by atoms with van der Waals surface area (Å²) in [6.45, 7) is 6.29. The van der Waals surface area contributed by atoms with Gasteiger partial charge in [0.15, 0.2) is 0 Å². The van der Waals surface area contributed by atoms with Crippen LogP contribution in [-0.2, 0) is 10.3 Å². The van der Waals surface area contributed by atoms with Crippen LogP contribution in [0.2, 0.25) is 0 Å². The van der Waals surface area contributed by atoms with E-state index < -0.39 is 11.2 Å². The molecule has 2 atom stereocenters. The topological polar surface area (TPSA) is 79.2 Å². The van der Waals surface area contributed by atoms with E-state index in [4.69, 9.17) is 14.6 Å². The first-order valence-electron chi connectivity index (χ1n) is 12.4. The van der Waals surface area contributed by atoms with Gasteiger partial charge in [-0.1, -0.05) is 66.7 Å². The summed E-state index contributed by atoms with van der Waals surface area (Å²) >= 11 is 0. The van der Waals surface area contributed by atoms with Gasteiger partial charge in [-0.2, -0.15) is 0 Å². The van der Waals surface area contributed by atoms with Crippen LogP contribution in [0.1, 0.15) is 50.8 Å². The highest BCUT2D eigenvalue weighted by Crippen LogP contribution is 2.42. The zero-order chi connectivity index (χ0) is 25.8. The third kappa shape index (κ3) is 5.89. The van der Waals surface area contributed by atoms with Crippen molar-refractivity contribution in [2.24, 2.45) is 0 Å². The highest BCUT2D eigenvalue weighted by Gasteiger charge is 2.46. The van der Waals surface area contributed by atoms with Gasteiger partial charge in [-0.15, -0.1) is 0 Å². The quantitative estimate of drug-likeness (QED) is 0.404. The molecule has 1 aliphatic rings. The molecule has 1 heterocycles. The van der Waals surface area contributed by atoms with Crippen molar-refractivity contribution in [3.8, 4) is 16.9 Å². The lowest BCUT2D eigenvalue weighted by Gasteiger charge is -2.45. The van der Waals surface area contributed by atoms with E-state index in [-0.39, 0.29) is 25.3 Å². The van der Waals surface area contributed by atoms with Crippen LogP contribution in [0.25, 0.3) is 11.1 Å². The Morgan fingerprint density at radius 2 is 1.61 bits per heavy atom. The van der Waals surface area contributed by atoms with Crippen LogP contribution in [0.5, 0.6) is 5.75 Å². The fourth-order valence-electron chi connectivity index (χ4n) is 4.93. The van der Waals surface area contributed by atoms with Crippen LogP contribution in [0.3, 0.4) is 0 Å². The number of hydrogen-bond donors (Lipinski definition) is 2. The number of aliphatic hydroxyl groups excluding tert-OH is 1. The number of amides is 1. The zero-order valence-electron chi connectivity index (χ0n) is 21.2. The molecule has 3 aromatic rings. The molecule has 1 amide bonds. The molecule has 1 aliphatic heterocycles. The van der Waals surface area contributed by atoms with Gasteiger partial charge in [0.1, 0.15) is 18.0 Å². The van der Waals surface area contributed by atoms with Crippen molar-refractivity contribution in [2.75, 3.05) is 19.8 Å². The SMILES string of the molecule is CC(c1ccc(-c2ccc(OCCO)cc2)cc1)N1CCC(CC(C)(C)O)(c2ccccc2)OC1=O. The van der Waals surface area contributed by atoms with Crippen LogP contribution in [0.4, 0.5) is 4.79 Å². The second-order valence-corrected chi connectivity index (χ2v) is 10.1. The highest BCUT2D eigenvalue weighted by molar-refractivity contribution is 5.70. The summed E-state index contributed by atoms with van der Waals surface area (Å²) in [5.74, 6) is 0.720. The van der Waals surface area contributed by atoms with E-state index in [0.717, 1.165) is 28.0 Å². The minimum absolute atomic E-state index is 0.0153. The van der Waals surface area contributed by atoms with Crippen LogP contribution < -0.4 is 4.74 Å². The highest BCUT2D eigenvalue weighted by atomic mass is 16.6. The number of benzene rings is 3. The number of cyclic esters (lactones) is 1. The predicted octanol–water partition coefficient (Wildman–Crippen LogP) is 5.68. The Kier molecular flexibility index (Phi) is 7.67. The van der Waals surface area contributed by atoms with Gasteiger partial charge in [0, 0.05) is 19.4 Å². The van der Waals surface area contributed by atoms with Crippen LogP contribution in [0, 0.1) is 0 Å². The van der Waals surface area contributed by atoms with E-state index in [9.17, 15) is 9.90 Å². The van der Waals surface area contributed by atoms with E-state index in [2.05, 4.69) is 0 Å². The number of carbonyl (C=O) groups excluding carboxylic acids is 1. The van der Waals surface area contributed by atoms with Gasteiger partial charge in [-0.05, 0) is 55.2 Å². The molecule has 0 radical (unpaired) electrons. The third-order valence-electron chi connectivity index (χ3n) is 6.70. The van der Waals surface area contributed by atoms with E-state index in [1.165, 1.54) is 0 Å². The first kappa shape index (κ1) is 25.7. The molecule has 6 nitrogen and oxygen atoms in total. The molecule has 36 heavy (non-hydrogen) atoms. The number of hydrogen-bond acceptors (Lipinski definition) is 5. The summed E-state index contributed by atoms with van der Waals surface area (Å²) in [4.78, 5) is 15.0. The number of nitrogens with zero attached hydrogens (tertiary/aromatic N) is 1. The first-order valence-corrected chi connectivity index (χ1v) is 12.4. The Bertz CT molecular complexity index is 1140. The molecule has 190 valence electrons. The number of rotatable bonds is 9. The number of aliphatic hydroxyl groups is 2. The van der Waals surface area contributed by atoms with Gasteiger partial charge in [-0.25, -0.2) is 4.79 Å². The molecule has 6 heteroatoms. The van der Waals surface area contributed by atoms with Crippen LogP contribution in [-0.4, -0.2) is 46.6 Å². The van der Waals surface area contributed by atoms with Crippen molar-refractivity contribution in [3.05, 3.63) is 90.0 Å². The summed E-state index contributed by atoms with van der Waals surface area (Å²) in [7, 11) is 0. The Morgan fingerprint density at radius 3 is 2.17 bits per heavy atom. The van der Waals surface area contributed by atoms with Crippen molar-refractivity contribution in [3.63, 3.8) is 0 Å². The smallest absolute Gasteiger partial charge is 0.411 e. The largest absolute Gasteiger partial charge is 0.491 e. The van der Waals surface area contributed by atoms with Gasteiger partial charge < -0.3 is 24.6 Å². The molecule has 0 bridgehead atoms. The average molecular weight is 490 g/mol. The maximum absolute atomic E-state index is 13.3. The number of carbonyl (C=O) groups is 1. The van der Waals surface area contributed by atoms with Gasteiger partial charge in [0.2, 0.25) is 0 Å². The Hall–Kier alpha value is -3.35. The molecule has 1 fully saturated rings. The lowest BCUT2D eigenvalue weighted by atomic mass is 9.80. The Balaban J connectivity index is 1.47. The minimum Gasteiger partial charge on any atom is -0.491 e. The summed E-state index contributed by atoms with van der Waals surface area (Å²) in [5.41, 5.74) is 2.21. The molecule has 1 saturated heterocycles. The molecule has 2 unspecified atom stereocenters. The summed E-state index contributed by atoms with van der Waals surface area (Å²) in [6.07, 6.45) is 0.556. The van der Waals surface area contributed by atoms with Gasteiger partial charge in [-0.3, -0.25) is 0 Å². The maximum Gasteiger partial charge on any atom is 0.411 e. The maximum atomic E-state index is 13.3. The first-order chi connectivity index (χ1) is 17.2. The monoisotopic (exact) mass is 489 g/mol. The second kappa shape index (κ2) is 10.7. The third-order valence-corrected chi connectivity index (χ3v) is 6.70. The zero-order valence-corrected chi connectivity index (χ0v) is 21.2. The fraction of sp³-hybridized carbons (Fsp3) is 0.367. The van der Waals surface area contributed by atoms with Crippen LogP contribution in [0.15, 0.2) is 78.9 Å². The van der Waals surface area contributed by atoms with Gasteiger partial charge >= 0.3 is 6.09 Å². The second-order valence-electron chi connectivity index (χ2n) is 10.1. The van der Waals surface area contributed by atoms with Crippen molar-refractivity contribution in [1.82, 2.24) is 4.90 Å². The fourth-order valence-corrected chi connectivity index (χ4v) is 4.93. The molecule has 0 spiro atoms. The van der Waals surface area contributed by atoms with Crippen molar-refractivity contribution < 1.29 is 24.5 Å². The van der Waals surface area contributed by atoms with E-state index in [1.807, 2.05) is 85.8 Å². The summed E-state index contributed by atoms with van der Waals surface area (Å²) in [5, 5.41) is 19.5. The molecule has 2 N–H and O–H groups in total. The number of ether oxygens (including phenoxy) is 2. The normalized spacial score (nSPS) is 19.0. The molecule has 0 saturated carbocycles. The molecule has 0 aromatic heterocycles. The van der Waals surface area contributed by atoms with Crippen molar-refractivity contribution >= 4 is 6.09 Å². The molecule has 4 rings (SSSR count). The standard InChI is InChI=1S/C30H35NO5/c1-22(23-9-11-24(12-10-23)25-13-15-27(16-14-25)35-20-19-32)31-18-17-30(36-28(31)33,21-29(2,3)34)26-7-5-4-6-8-26/h4-16,22,32,34H,17-21H2,1-3H3. The molecular weight excluding hydrogens is 454 g/mol. The van der Waals surface area contributed by atoms with E-state index in [0.29, 0.717) is 19.4 Å². The average Bonchev–Trinajstić information content (AvgIpc) is 2.87. The molecular formula is C30H35NO5. The lowest BCUT2D eigenvalue weighted by molar-refractivity contribution is -0.101. The summed E-state index contributed by atoms with van der Waals surface area (Å²) in [6, 6.07) is 25.5.